The van der Waals surface area contributed by atoms with Gasteiger partial charge in [0.15, 0.2) is 0 Å². The van der Waals surface area contributed by atoms with Gasteiger partial charge in [-0.25, -0.2) is 16.8 Å². The Hall–Kier alpha value is -3.72. The number of sulfonamides is 2. The molecule has 208 valence electrons. The number of nitrogens with one attached hydrogen (secondary N) is 2. The molecule has 0 spiro atoms. The van der Waals surface area contributed by atoms with Crippen LogP contribution in [0.3, 0.4) is 0 Å². The molecule has 0 saturated carbocycles. The van der Waals surface area contributed by atoms with Crippen molar-refractivity contribution in [3.05, 3.63) is 78.3 Å². The van der Waals surface area contributed by atoms with E-state index in [1.807, 2.05) is 0 Å². The molecule has 2 heterocycles. The molecular formula is C25H28N4O8S2. The average molecular weight is 577 g/mol. The third-order valence-corrected chi connectivity index (χ3v) is 8.92. The molecule has 1 fully saturated rings. The van der Waals surface area contributed by atoms with Gasteiger partial charge in [0.05, 0.1) is 54.1 Å². The number of para-hydroxylation sites is 1. The zero-order chi connectivity index (χ0) is 28.0. The predicted molar refractivity (Wildman–Crippen MR) is 143 cm³/mol. The summed E-state index contributed by atoms with van der Waals surface area (Å²) in [6.07, 6.45) is 2.43. The summed E-state index contributed by atoms with van der Waals surface area (Å²) < 4.78 is 63.4. The minimum Gasteiger partial charge on any atom is -0.467 e. The van der Waals surface area contributed by atoms with Gasteiger partial charge in [-0.1, -0.05) is 12.1 Å². The molecule has 0 aliphatic carbocycles. The Morgan fingerprint density at radius 1 is 0.949 bits per heavy atom. The molecule has 1 aliphatic heterocycles. The van der Waals surface area contributed by atoms with Gasteiger partial charge < -0.3 is 19.8 Å². The van der Waals surface area contributed by atoms with Crippen molar-refractivity contribution in [1.29, 1.82) is 0 Å². The third kappa shape index (κ3) is 7.03. The van der Waals surface area contributed by atoms with Gasteiger partial charge in [0.1, 0.15) is 12.3 Å². The predicted octanol–water partition coefficient (Wildman–Crippen LogP) is 1.64. The van der Waals surface area contributed by atoms with Gasteiger partial charge in [0.25, 0.3) is 5.91 Å². The van der Waals surface area contributed by atoms with Crippen LogP contribution in [0.25, 0.3) is 0 Å². The van der Waals surface area contributed by atoms with Crippen LogP contribution in [0.4, 0.5) is 11.4 Å². The summed E-state index contributed by atoms with van der Waals surface area (Å²) in [5.74, 6) is -0.603. The number of benzene rings is 2. The Balaban J connectivity index is 1.47. The number of nitrogens with zero attached hydrogens (tertiary/aromatic N) is 2. The molecule has 1 aromatic heterocycles. The largest absolute Gasteiger partial charge is 0.467 e. The number of ether oxygens (including phenoxy) is 1. The second-order valence-electron chi connectivity index (χ2n) is 8.64. The van der Waals surface area contributed by atoms with Crippen molar-refractivity contribution in [3.8, 4) is 0 Å². The van der Waals surface area contributed by atoms with Gasteiger partial charge in [-0.2, -0.15) is 4.31 Å². The van der Waals surface area contributed by atoms with Crippen molar-refractivity contribution in [2.75, 3.05) is 48.7 Å². The quantitative estimate of drug-likeness (QED) is 0.369. The maximum atomic E-state index is 12.9. The monoisotopic (exact) mass is 576 g/mol. The lowest BCUT2D eigenvalue weighted by Crippen LogP contribution is -2.40. The highest BCUT2D eigenvalue weighted by Gasteiger charge is 2.27. The van der Waals surface area contributed by atoms with Crippen molar-refractivity contribution in [1.82, 2.24) is 9.62 Å². The first-order valence-corrected chi connectivity index (χ1v) is 15.2. The minimum atomic E-state index is -3.93. The van der Waals surface area contributed by atoms with Crippen molar-refractivity contribution >= 4 is 43.2 Å². The number of carbonyl (C=O) groups is 2. The zero-order valence-electron chi connectivity index (χ0n) is 21.1. The minimum absolute atomic E-state index is 0.000501. The van der Waals surface area contributed by atoms with E-state index in [-0.39, 0.29) is 41.5 Å². The molecule has 14 heteroatoms. The maximum absolute atomic E-state index is 12.9. The molecule has 2 N–H and O–H groups in total. The molecule has 1 saturated heterocycles. The molecule has 0 atom stereocenters. The van der Waals surface area contributed by atoms with Crippen LogP contribution < -0.4 is 14.9 Å². The van der Waals surface area contributed by atoms with E-state index in [1.54, 1.807) is 24.3 Å². The highest BCUT2D eigenvalue weighted by molar-refractivity contribution is 7.92. The number of amides is 2. The third-order valence-electron chi connectivity index (χ3n) is 5.87. The summed E-state index contributed by atoms with van der Waals surface area (Å²) in [6, 6.07) is 15.0. The lowest BCUT2D eigenvalue weighted by molar-refractivity contribution is -0.114. The normalized spacial score (nSPS) is 14.5. The fourth-order valence-electron chi connectivity index (χ4n) is 3.91. The van der Waals surface area contributed by atoms with Gasteiger partial charge in [-0.05, 0) is 48.5 Å². The molecule has 2 aromatic carbocycles. The number of carbonyl (C=O) groups excluding carboxylic acids is 2. The van der Waals surface area contributed by atoms with E-state index >= 15 is 0 Å². The van der Waals surface area contributed by atoms with E-state index < -0.39 is 38.4 Å². The lowest BCUT2D eigenvalue weighted by atomic mass is 10.1. The molecule has 0 bridgehead atoms. The highest BCUT2D eigenvalue weighted by Crippen LogP contribution is 2.23. The fraction of sp³-hybridized carbons (Fsp3) is 0.280. The Labute approximate surface area is 226 Å². The number of morpholine rings is 1. The summed E-state index contributed by atoms with van der Waals surface area (Å²) >= 11 is 0. The summed E-state index contributed by atoms with van der Waals surface area (Å²) in [7, 11) is -7.70. The standard InChI is InChI=1S/C25H28N4O8S2/c1-38(32,33)29(19-8-10-21(11-9-19)39(34,35)28-12-15-36-16-13-28)18-24(30)27-23-7-3-2-6-22(23)25(31)26-17-20-5-4-14-37-20/h2-11,14H,12-13,15-18H2,1H3,(H,26,31)(H,27,30). The first kappa shape index (κ1) is 28.3. The molecular weight excluding hydrogens is 548 g/mol. The Kier molecular flexibility index (Phi) is 8.70. The fourth-order valence-corrected chi connectivity index (χ4v) is 6.17. The van der Waals surface area contributed by atoms with Gasteiger partial charge in [0, 0.05) is 13.1 Å². The zero-order valence-corrected chi connectivity index (χ0v) is 22.7. The summed E-state index contributed by atoms with van der Waals surface area (Å²) in [5, 5.41) is 5.29. The SMILES string of the molecule is CS(=O)(=O)N(CC(=O)Nc1ccccc1C(=O)NCc1ccco1)c1ccc(S(=O)(=O)N2CCOCC2)cc1. The number of hydrogen-bond acceptors (Lipinski definition) is 8. The van der Waals surface area contributed by atoms with Gasteiger partial charge >= 0.3 is 0 Å². The molecule has 4 rings (SSSR count). The van der Waals surface area contributed by atoms with Crippen LogP contribution in [-0.4, -0.2) is 72.1 Å². The van der Waals surface area contributed by atoms with Crippen LogP contribution in [-0.2, 0) is 36.1 Å². The molecule has 3 aromatic rings. The van der Waals surface area contributed by atoms with Crippen molar-refractivity contribution < 1.29 is 35.6 Å². The van der Waals surface area contributed by atoms with E-state index in [4.69, 9.17) is 9.15 Å². The molecule has 0 unspecified atom stereocenters. The Morgan fingerprint density at radius 3 is 2.28 bits per heavy atom. The van der Waals surface area contributed by atoms with E-state index in [0.717, 1.165) is 10.6 Å². The van der Waals surface area contributed by atoms with Crippen LogP contribution in [0.5, 0.6) is 0 Å². The van der Waals surface area contributed by atoms with Crippen LogP contribution >= 0.6 is 0 Å². The van der Waals surface area contributed by atoms with Crippen LogP contribution in [0, 0.1) is 0 Å². The van der Waals surface area contributed by atoms with E-state index in [2.05, 4.69) is 10.6 Å². The number of anilines is 2. The molecule has 2 amide bonds. The molecule has 1 aliphatic rings. The van der Waals surface area contributed by atoms with Crippen LogP contribution in [0.2, 0.25) is 0 Å². The summed E-state index contributed by atoms with van der Waals surface area (Å²) in [6.45, 7) is 0.584. The van der Waals surface area contributed by atoms with Crippen LogP contribution in [0.1, 0.15) is 16.1 Å². The smallest absolute Gasteiger partial charge is 0.253 e. The molecule has 0 radical (unpaired) electrons. The van der Waals surface area contributed by atoms with E-state index in [9.17, 15) is 26.4 Å². The van der Waals surface area contributed by atoms with Crippen molar-refractivity contribution in [2.45, 2.75) is 11.4 Å². The second-order valence-corrected chi connectivity index (χ2v) is 12.5. The first-order chi connectivity index (χ1) is 18.6. The average Bonchev–Trinajstić information content (AvgIpc) is 3.44. The number of furan rings is 1. The molecule has 39 heavy (non-hydrogen) atoms. The lowest BCUT2D eigenvalue weighted by Gasteiger charge is -2.26. The number of rotatable bonds is 10. The van der Waals surface area contributed by atoms with Crippen LogP contribution in [0.15, 0.2) is 76.2 Å². The highest BCUT2D eigenvalue weighted by atomic mass is 32.2. The Morgan fingerprint density at radius 2 is 1.64 bits per heavy atom. The number of hydrogen-bond donors (Lipinski definition) is 2. The van der Waals surface area contributed by atoms with Crippen molar-refractivity contribution in [2.24, 2.45) is 0 Å². The van der Waals surface area contributed by atoms with Gasteiger partial charge in [-0.15, -0.1) is 0 Å². The Bertz CT molecular complexity index is 1520. The second kappa shape index (κ2) is 12.0. The van der Waals surface area contributed by atoms with Gasteiger partial charge in [-0.3, -0.25) is 13.9 Å². The molecule has 12 nitrogen and oxygen atoms in total. The van der Waals surface area contributed by atoms with E-state index in [0.29, 0.717) is 19.0 Å². The summed E-state index contributed by atoms with van der Waals surface area (Å²) in [4.78, 5) is 25.6. The first-order valence-electron chi connectivity index (χ1n) is 11.9. The summed E-state index contributed by atoms with van der Waals surface area (Å²) in [5.41, 5.74) is 0.485. The van der Waals surface area contributed by atoms with Crippen molar-refractivity contribution in [3.63, 3.8) is 0 Å². The van der Waals surface area contributed by atoms with E-state index in [1.165, 1.54) is 47.0 Å². The van der Waals surface area contributed by atoms with Gasteiger partial charge in [0.2, 0.25) is 26.0 Å². The maximum Gasteiger partial charge on any atom is 0.253 e. The topological polar surface area (TPSA) is 155 Å².